The van der Waals surface area contributed by atoms with E-state index in [1.165, 1.54) is 43.5 Å². The molecule has 0 aromatic heterocycles. The van der Waals surface area contributed by atoms with Crippen LogP contribution in [0, 0.1) is 5.41 Å². The summed E-state index contributed by atoms with van der Waals surface area (Å²) >= 11 is 2.10. The smallest absolute Gasteiger partial charge is 0.0141 e. The molecular formula is C18H29NS. The van der Waals surface area contributed by atoms with Crippen molar-refractivity contribution in [3.8, 4) is 0 Å². The Bertz CT molecular complexity index is 393. The number of nitrogens with one attached hydrogen (secondary N) is 1. The van der Waals surface area contributed by atoms with Crippen LogP contribution in [-0.2, 0) is 6.42 Å². The van der Waals surface area contributed by atoms with Gasteiger partial charge in [0.05, 0.1) is 0 Å². The monoisotopic (exact) mass is 291 g/mol. The zero-order chi connectivity index (χ0) is 14.4. The van der Waals surface area contributed by atoms with Gasteiger partial charge in [0.15, 0.2) is 0 Å². The molecule has 0 fully saturated rings. The molecule has 1 heterocycles. The third kappa shape index (κ3) is 4.26. The predicted octanol–water partition coefficient (Wildman–Crippen LogP) is 4.90. The first-order valence-electron chi connectivity index (χ1n) is 8.12. The molecule has 0 spiro atoms. The molecule has 1 aliphatic rings. The van der Waals surface area contributed by atoms with Crippen molar-refractivity contribution in [1.82, 2.24) is 5.32 Å². The van der Waals surface area contributed by atoms with Gasteiger partial charge in [-0.15, -0.1) is 11.8 Å². The maximum Gasteiger partial charge on any atom is 0.0141 e. The summed E-state index contributed by atoms with van der Waals surface area (Å²) in [6.45, 7) is 9.35. The van der Waals surface area contributed by atoms with Crippen molar-refractivity contribution in [2.24, 2.45) is 5.41 Å². The van der Waals surface area contributed by atoms with E-state index in [2.05, 4.69) is 62.1 Å². The van der Waals surface area contributed by atoms with Gasteiger partial charge in [-0.3, -0.25) is 0 Å². The summed E-state index contributed by atoms with van der Waals surface area (Å²) in [6, 6.07) is 8.93. The highest BCUT2D eigenvalue weighted by Crippen LogP contribution is 2.43. The molecule has 0 saturated heterocycles. The third-order valence-corrected chi connectivity index (χ3v) is 5.59. The molecule has 2 unspecified atom stereocenters. The fourth-order valence-corrected chi connectivity index (χ4v) is 4.92. The molecule has 0 radical (unpaired) electrons. The molecule has 0 bridgehead atoms. The van der Waals surface area contributed by atoms with Gasteiger partial charge in [-0.1, -0.05) is 45.4 Å². The van der Waals surface area contributed by atoms with E-state index in [1.807, 2.05) is 0 Å². The van der Waals surface area contributed by atoms with Crippen molar-refractivity contribution < 1.29 is 0 Å². The molecule has 0 aliphatic carbocycles. The zero-order valence-corrected chi connectivity index (χ0v) is 14.1. The summed E-state index contributed by atoms with van der Waals surface area (Å²) in [4.78, 5) is 1.51. The molecule has 1 aromatic carbocycles. The number of hydrogen-bond acceptors (Lipinski definition) is 2. The van der Waals surface area contributed by atoms with Crippen molar-refractivity contribution in [3.05, 3.63) is 29.8 Å². The lowest BCUT2D eigenvalue weighted by Crippen LogP contribution is -2.34. The first-order valence-corrected chi connectivity index (χ1v) is 9.00. The van der Waals surface area contributed by atoms with Crippen LogP contribution in [0.1, 0.15) is 52.0 Å². The standard InChI is InChI=1S/C18H29NS/c1-4-10-18(3,14-19-11-5-2)13-16-12-15-8-6-7-9-17(15)20-16/h6-9,16,19H,4-5,10-14H2,1-3H3. The molecule has 1 nitrogen and oxygen atoms in total. The van der Waals surface area contributed by atoms with Crippen molar-refractivity contribution in [2.45, 2.75) is 63.0 Å². The second-order valence-electron chi connectivity index (χ2n) is 6.49. The molecule has 1 aromatic rings. The minimum atomic E-state index is 0.448. The molecule has 20 heavy (non-hydrogen) atoms. The lowest BCUT2D eigenvalue weighted by Gasteiger charge is -2.32. The van der Waals surface area contributed by atoms with Crippen LogP contribution in [0.2, 0.25) is 0 Å². The van der Waals surface area contributed by atoms with Gasteiger partial charge in [-0.25, -0.2) is 0 Å². The Morgan fingerprint density at radius 2 is 2.05 bits per heavy atom. The molecule has 1 N–H and O–H groups in total. The van der Waals surface area contributed by atoms with Crippen LogP contribution in [-0.4, -0.2) is 18.3 Å². The third-order valence-electron chi connectivity index (χ3n) is 4.27. The summed E-state index contributed by atoms with van der Waals surface area (Å²) in [6.07, 6.45) is 6.43. The highest BCUT2D eigenvalue weighted by molar-refractivity contribution is 8.00. The number of hydrogen-bond donors (Lipinski definition) is 1. The molecule has 2 heteroatoms. The van der Waals surface area contributed by atoms with E-state index in [9.17, 15) is 0 Å². The number of benzene rings is 1. The minimum Gasteiger partial charge on any atom is -0.316 e. The van der Waals surface area contributed by atoms with Crippen LogP contribution < -0.4 is 5.32 Å². The quantitative estimate of drug-likeness (QED) is 0.684. The van der Waals surface area contributed by atoms with Crippen LogP contribution in [0.5, 0.6) is 0 Å². The Morgan fingerprint density at radius 1 is 1.25 bits per heavy atom. The number of fused-ring (bicyclic) bond motifs is 1. The van der Waals surface area contributed by atoms with E-state index in [0.717, 1.165) is 11.8 Å². The molecule has 1 aliphatic heterocycles. The van der Waals surface area contributed by atoms with E-state index in [4.69, 9.17) is 0 Å². The van der Waals surface area contributed by atoms with Crippen molar-refractivity contribution in [1.29, 1.82) is 0 Å². The second kappa shape index (κ2) is 7.51. The summed E-state index contributed by atoms with van der Waals surface area (Å²) < 4.78 is 0. The zero-order valence-electron chi connectivity index (χ0n) is 13.2. The largest absolute Gasteiger partial charge is 0.316 e. The Kier molecular flexibility index (Phi) is 5.98. The fraction of sp³-hybridized carbons (Fsp3) is 0.667. The molecule has 2 rings (SSSR count). The van der Waals surface area contributed by atoms with Gasteiger partial charge in [0.25, 0.3) is 0 Å². The van der Waals surface area contributed by atoms with Gasteiger partial charge >= 0.3 is 0 Å². The lowest BCUT2D eigenvalue weighted by molar-refractivity contribution is 0.254. The average molecular weight is 292 g/mol. The van der Waals surface area contributed by atoms with Gasteiger partial charge in [0.2, 0.25) is 0 Å². The Morgan fingerprint density at radius 3 is 2.75 bits per heavy atom. The summed E-state index contributed by atoms with van der Waals surface area (Å²) in [5, 5.41) is 4.42. The summed E-state index contributed by atoms with van der Waals surface area (Å²) in [5.74, 6) is 0. The highest BCUT2D eigenvalue weighted by atomic mass is 32.2. The van der Waals surface area contributed by atoms with Crippen LogP contribution in [0.15, 0.2) is 29.2 Å². The Hall–Kier alpha value is -0.470. The molecule has 0 saturated carbocycles. The predicted molar refractivity (Wildman–Crippen MR) is 90.6 cm³/mol. The van der Waals surface area contributed by atoms with Gasteiger partial charge in [-0.2, -0.15) is 0 Å². The van der Waals surface area contributed by atoms with E-state index in [0.29, 0.717) is 5.41 Å². The Balaban J connectivity index is 1.92. The van der Waals surface area contributed by atoms with E-state index < -0.39 is 0 Å². The second-order valence-corrected chi connectivity index (χ2v) is 7.84. The molecular weight excluding hydrogens is 262 g/mol. The first-order chi connectivity index (χ1) is 9.67. The van der Waals surface area contributed by atoms with E-state index >= 15 is 0 Å². The van der Waals surface area contributed by atoms with Gasteiger partial charge in [-0.05, 0) is 49.3 Å². The summed E-state index contributed by atoms with van der Waals surface area (Å²) in [7, 11) is 0. The van der Waals surface area contributed by atoms with E-state index in [-0.39, 0.29) is 0 Å². The SMILES string of the molecule is CCCNCC(C)(CCC)CC1Cc2ccccc2S1. The highest BCUT2D eigenvalue weighted by Gasteiger charge is 2.31. The maximum atomic E-state index is 3.65. The van der Waals surface area contributed by atoms with Gasteiger partial charge in [0, 0.05) is 16.7 Å². The molecule has 112 valence electrons. The number of thioether (sulfide) groups is 1. The summed E-state index contributed by atoms with van der Waals surface area (Å²) in [5.41, 5.74) is 2.01. The van der Waals surface area contributed by atoms with Crippen LogP contribution in [0.3, 0.4) is 0 Å². The van der Waals surface area contributed by atoms with Gasteiger partial charge in [0.1, 0.15) is 0 Å². The molecule has 2 atom stereocenters. The first kappa shape index (κ1) is 15.9. The lowest BCUT2D eigenvalue weighted by atomic mass is 9.80. The van der Waals surface area contributed by atoms with Crippen molar-refractivity contribution in [3.63, 3.8) is 0 Å². The Labute approximate surface area is 128 Å². The molecule has 0 amide bonds. The van der Waals surface area contributed by atoms with Crippen LogP contribution >= 0.6 is 11.8 Å². The van der Waals surface area contributed by atoms with Crippen molar-refractivity contribution in [2.75, 3.05) is 13.1 Å². The van der Waals surface area contributed by atoms with Gasteiger partial charge < -0.3 is 5.32 Å². The van der Waals surface area contributed by atoms with E-state index in [1.54, 1.807) is 5.56 Å². The fourth-order valence-electron chi connectivity index (χ4n) is 3.35. The number of rotatable bonds is 8. The average Bonchev–Trinajstić information content (AvgIpc) is 2.80. The van der Waals surface area contributed by atoms with Crippen LogP contribution in [0.25, 0.3) is 0 Å². The maximum absolute atomic E-state index is 3.65. The topological polar surface area (TPSA) is 12.0 Å². The normalized spacial score (nSPS) is 20.6. The van der Waals surface area contributed by atoms with Crippen molar-refractivity contribution >= 4 is 11.8 Å². The minimum absolute atomic E-state index is 0.448. The van der Waals surface area contributed by atoms with Crippen LogP contribution in [0.4, 0.5) is 0 Å².